The van der Waals surface area contributed by atoms with E-state index in [0.717, 1.165) is 0 Å². The van der Waals surface area contributed by atoms with Gasteiger partial charge in [-0.2, -0.15) is 0 Å². The van der Waals surface area contributed by atoms with Crippen LogP contribution in [-0.2, 0) is 11.2 Å². The second-order valence-corrected chi connectivity index (χ2v) is 6.76. The summed E-state index contributed by atoms with van der Waals surface area (Å²) in [5.41, 5.74) is 1.31. The fourth-order valence-corrected chi connectivity index (χ4v) is 3.30. The first-order valence-electron chi connectivity index (χ1n) is 8.99. The number of rotatable bonds is 4. The summed E-state index contributed by atoms with van der Waals surface area (Å²) in [4.78, 5) is 49.3. The van der Waals surface area contributed by atoms with Crippen LogP contribution in [0.1, 0.15) is 40.3 Å². The van der Waals surface area contributed by atoms with Gasteiger partial charge in [-0.25, -0.2) is 4.98 Å². The molecule has 8 heteroatoms. The van der Waals surface area contributed by atoms with Crippen LogP contribution in [0.15, 0.2) is 29.3 Å². The first-order chi connectivity index (χ1) is 12.9. The van der Waals surface area contributed by atoms with Crippen molar-refractivity contribution in [3.05, 3.63) is 57.5 Å². The Balaban J connectivity index is 1.53. The molecular formula is C19H23N5O3. The maximum atomic E-state index is 12.4. The average Bonchev–Trinajstić information content (AvgIpc) is 2.65. The Hall–Kier alpha value is -3.03. The van der Waals surface area contributed by atoms with Crippen LogP contribution in [0.25, 0.3) is 0 Å². The molecule has 2 aromatic heterocycles. The van der Waals surface area contributed by atoms with E-state index in [2.05, 4.69) is 20.3 Å². The van der Waals surface area contributed by atoms with E-state index in [1.54, 1.807) is 43.3 Å². The van der Waals surface area contributed by atoms with Gasteiger partial charge >= 0.3 is 0 Å². The van der Waals surface area contributed by atoms with Gasteiger partial charge in [-0.05, 0) is 38.8 Å². The van der Waals surface area contributed by atoms with E-state index >= 15 is 0 Å². The molecule has 1 aliphatic heterocycles. The van der Waals surface area contributed by atoms with Gasteiger partial charge in [0.1, 0.15) is 5.82 Å². The van der Waals surface area contributed by atoms with E-state index in [9.17, 15) is 14.4 Å². The lowest BCUT2D eigenvalue weighted by molar-refractivity contribution is -0.121. The molecule has 0 aromatic carbocycles. The van der Waals surface area contributed by atoms with Gasteiger partial charge in [-0.3, -0.25) is 19.4 Å². The Morgan fingerprint density at radius 3 is 2.52 bits per heavy atom. The monoisotopic (exact) mass is 369 g/mol. The first-order valence-corrected chi connectivity index (χ1v) is 8.99. The summed E-state index contributed by atoms with van der Waals surface area (Å²) in [6, 6.07) is 3.40. The topological polar surface area (TPSA) is 108 Å². The number of nitrogens with one attached hydrogen (secondary N) is 2. The second-order valence-electron chi connectivity index (χ2n) is 6.76. The van der Waals surface area contributed by atoms with Crippen LogP contribution in [0.2, 0.25) is 0 Å². The fraction of sp³-hybridized carbons (Fsp3) is 0.421. The van der Waals surface area contributed by atoms with Crippen LogP contribution in [0.5, 0.6) is 0 Å². The summed E-state index contributed by atoms with van der Waals surface area (Å²) in [7, 11) is 0. The third-order valence-corrected chi connectivity index (χ3v) is 4.75. The predicted octanol–water partition coefficient (Wildman–Crippen LogP) is 0.745. The van der Waals surface area contributed by atoms with Gasteiger partial charge in [0.25, 0.3) is 11.5 Å². The minimum absolute atomic E-state index is 0.00298. The Kier molecular flexibility index (Phi) is 5.63. The lowest BCUT2D eigenvalue weighted by atomic mass is 10.0. The zero-order valence-corrected chi connectivity index (χ0v) is 15.5. The lowest BCUT2D eigenvalue weighted by Crippen LogP contribution is -2.47. The average molecular weight is 369 g/mol. The number of H-pyrrole nitrogens is 1. The number of aryl methyl sites for hydroxylation is 2. The molecule has 0 aliphatic carbocycles. The van der Waals surface area contributed by atoms with Gasteiger partial charge in [0, 0.05) is 48.3 Å². The van der Waals surface area contributed by atoms with Crippen LogP contribution >= 0.6 is 0 Å². The number of amides is 2. The van der Waals surface area contributed by atoms with Crippen molar-refractivity contribution >= 4 is 11.8 Å². The quantitative estimate of drug-likeness (QED) is 0.827. The second kappa shape index (κ2) is 8.11. The number of likely N-dealkylation sites (tertiary alicyclic amines) is 1. The standard InChI is InChI=1S/C19H23N5O3/c1-12-16(18(26)22-13(2)21-12)11-17(25)23-15-5-9-24(10-6-15)19(27)14-3-7-20-8-4-14/h3-4,7-8,15H,5-6,9-11H2,1-2H3,(H,23,25)(H,21,22,26). The largest absolute Gasteiger partial charge is 0.353 e. The van der Waals surface area contributed by atoms with E-state index in [4.69, 9.17) is 0 Å². The minimum Gasteiger partial charge on any atom is -0.353 e. The van der Waals surface area contributed by atoms with Crippen molar-refractivity contribution in [2.24, 2.45) is 0 Å². The number of aromatic nitrogens is 3. The van der Waals surface area contributed by atoms with Gasteiger partial charge in [0.05, 0.1) is 6.42 Å². The predicted molar refractivity (Wildman–Crippen MR) is 99.3 cm³/mol. The normalized spacial score (nSPS) is 14.8. The number of hydrogen-bond donors (Lipinski definition) is 2. The fourth-order valence-electron chi connectivity index (χ4n) is 3.30. The number of piperidine rings is 1. The molecule has 142 valence electrons. The first kappa shape index (κ1) is 18.8. The molecule has 0 saturated carbocycles. The highest BCUT2D eigenvalue weighted by Gasteiger charge is 2.25. The highest BCUT2D eigenvalue weighted by atomic mass is 16.2. The molecule has 27 heavy (non-hydrogen) atoms. The molecule has 2 N–H and O–H groups in total. The van der Waals surface area contributed by atoms with Crippen molar-refractivity contribution in [3.63, 3.8) is 0 Å². The van der Waals surface area contributed by atoms with Gasteiger partial charge in [-0.1, -0.05) is 0 Å². The molecule has 3 rings (SSSR count). The van der Waals surface area contributed by atoms with Crippen molar-refractivity contribution in [3.8, 4) is 0 Å². The Bertz CT molecular complexity index is 886. The summed E-state index contributed by atoms with van der Waals surface area (Å²) in [5, 5.41) is 2.97. The molecule has 0 bridgehead atoms. The number of nitrogens with zero attached hydrogens (tertiary/aromatic N) is 3. The molecule has 0 spiro atoms. The minimum atomic E-state index is -0.270. The summed E-state index contributed by atoms with van der Waals surface area (Å²) >= 11 is 0. The summed E-state index contributed by atoms with van der Waals surface area (Å²) in [6.07, 6.45) is 4.58. The van der Waals surface area contributed by atoms with E-state index < -0.39 is 0 Å². The Morgan fingerprint density at radius 1 is 1.22 bits per heavy atom. The van der Waals surface area contributed by atoms with Crippen molar-refractivity contribution in [2.45, 2.75) is 39.2 Å². The van der Waals surface area contributed by atoms with Crippen LogP contribution in [0.3, 0.4) is 0 Å². The highest BCUT2D eigenvalue weighted by Crippen LogP contribution is 2.14. The highest BCUT2D eigenvalue weighted by molar-refractivity contribution is 5.94. The van der Waals surface area contributed by atoms with Crippen molar-refractivity contribution in [2.75, 3.05) is 13.1 Å². The van der Waals surface area contributed by atoms with Crippen LogP contribution in [0, 0.1) is 13.8 Å². The number of carbonyl (C=O) groups is 2. The molecule has 1 saturated heterocycles. The molecule has 2 aromatic rings. The van der Waals surface area contributed by atoms with Gasteiger partial charge in [0.15, 0.2) is 0 Å². The molecule has 8 nitrogen and oxygen atoms in total. The van der Waals surface area contributed by atoms with E-state index in [0.29, 0.717) is 48.6 Å². The zero-order chi connectivity index (χ0) is 19.4. The SMILES string of the molecule is Cc1nc(C)c(CC(=O)NC2CCN(C(=O)c3ccncc3)CC2)c(=O)[nH]1. The smallest absolute Gasteiger partial charge is 0.254 e. The summed E-state index contributed by atoms with van der Waals surface area (Å²) in [6.45, 7) is 4.60. The Morgan fingerprint density at radius 2 is 1.89 bits per heavy atom. The number of hydrogen-bond acceptors (Lipinski definition) is 5. The van der Waals surface area contributed by atoms with E-state index in [1.807, 2.05) is 0 Å². The lowest BCUT2D eigenvalue weighted by Gasteiger charge is -2.32. The molecule has 3 heterocycles. The van der Waals surface area contributed by atoms with Gasteiger partial charge in [-0.15, -0.1) is 0 Å². The molecular weight excluding hydrogens is 346 g/mol. The van der Waals surface area contributed by atoms with Gasteiger partial charge in [0.2, 0.25) is 5.91 Å². The van der Waals surface area contributed by atoms with Crippen LogP contribution in [0.4, 0.5) is 0 Å². The molecule has 0 unspecified atom stereocenters. The number of pyridine rings is 1. The molecule has 1 aliphatic rings. The molecule has 0 radical (unpaired) electrons. The van der Waals surface area contributed by atoms with Crippen molar-refractivity contribution in [1.29, 1.82) is 0 Å². The third kappa shape index (κ3) is 4.58. The molecule has 0 atom stereocenters. The van der Waals surface area contributed by atoms with Gasteiger partial charge < -0.3 is 15.2 Å². The maximum absolute atomic E-state index is 12.4. The maximum Gasteiger partial charge on any atom is 0.254 e. The third-order valence-electron chi connectivity index (χ3n) is 4.75. The number of carbonyl (C=O) groups excluding carboxylic acids is 2. The number of aromatic amines is 1. The molecule has 1 fully saturated rings. The zero-order valence-electron chi connectivity index (χ0n) is 15.5. The Labute approximate surface area is 157 Å². The van der Waals surface area contributed by atoms with Crippen molar-refractivity contribution in [1.82, 2.24) is 25.2 Å². The summed E-state index contributed by atoms with van der Waals surface area (Å²) in [5.74, 6) is 0.316. The van der Waals surface area contributed by atoms with E-state index in [1.165, 1.54) is 0 Å². The van der Waals surface area contributed by atoms with Crippen molar-refractivity contribution < 1.29 is 9.59 Å². The summed E-state index contributed by atoms with van der Waals surface area (Å²) < 4.78 is 0. The van der Waals surface area contributed by atoms with E-state index in [-0.39, 0.29) is 29.8 Å². The van der Waals surface area contributed by atoms with Crippen LogP contribution in [-0.4, -0.2) is 50.8 Å². The molecule has 2 amide bonds. The van der Waals surface area contributed by atoms with Crippen LogP contribution < -0.4 is 10.9 Å².